The molecular weight excluding hydrogens is 939 g/mol. The molecule has 4 heterocycles. The molecule has 0 fully saturated rings. The Kier molecular flexibility index (Phi) is 11.7. The zero-order valence-electron chi connectivity index (χ0n) is 33.2. The summed E-state index contributed by atoms with van der Waals surface area (Å²) in [6.07, 6.45) is 18.4. The second-order valence-electron chi connectivity index (χ2n) is 14.2. The molecular formula is C54H36IrN7-3. The summed E-state index contributed by atoms with van der Waals surface area (Å²) in [5, 5.41) is 17.2. The van der Waals surface area contributed by atoms with Crippen LogP contribution in [0.3, 0.4) is 0 Å². The molecule has 12 rings (SSSR count). The van der Waals surface area contributed by atoms with Gasteiger partial charge in [0.15, 0.2) is 0 Å². The number of aromatic nitrogens is 7. The molecule has 0 amide bonds. The minimum absolute atomic E-state index is 0. The number of pyridine rings is 1. The first kappa shape index (κ1) is 39.7. The van der Waals surface area contributed by atoms with Crippen molar-refractivity contribution in [2.24, 2.45) is 0 Å². The van der Waals surface area contributed by atoms with Gasteiger partial charge in [0.2, 0.25) is 0 Å². The Bertz CT molecular complexity index is 2990. The van der Waals surface area contributed by atoms with Crippen LogP contribution < -0.4 is 14.2 Å². The Morgan fingerprint density at radius 2 is 0.887 bits per heavy atom. The van der Waals surface area contributed by atoms with Gasteiger partial charge in [-0.1, -0.05) is 127 Å². The normalized spacial score (nSPS) is 10.8. The minimum Gasteiger partial charge on any atom is -0.574 e. The third kappa shape index (κ3) is 8.21. The summed E-state index contributed by atoms with van der Waals surface area (Å²) in [7, 11) is 0. The average molecular weight is 975 g/mol. The van der Waals surface area contributed by atoms with Gasteiger partial charge in [-0.2, -0.15) is 36.4 Å². The van der Waals surface area contributed by atoms with Crippen molar-refractivity contribution in [2.75, 3.05) is 0 Å². The third-order valence-electron chi connectivity index (χ3n) is 10.5. The summed E-state index contributed by atoms with van der Waals surface area (Å²) < 4.78 is 8.09. The van der Waals surface area contributed by atoms with Crippen LogP contribution in [0.15, 0.2) is 219 Å². The molecule has 0 saturated heterocycles. The predicted octanol–water partition coefficient (Wildman–Crippen LogP) is 10.4. The number of rotatable bonds is 5. The van der Waals surface area contributed by atoms with E-state index in [4.69, 9.17) is 0 Å². The zero-order chi connectivity index (χ0) is 40.8. The smallest absolute Gasteiger partial charge is 0.267 e. The molecule has 0 atom stereocenters. The van der Waals surface area contributed by atoms with Gasteiger partial charge in [0, 0.05) is 63.0 Å². The Labute approximate surface area is 372 Å². The number of benzene rings is 8. The van der Waals surface area contributed by atoms with E-state index in [1.54, 1.807) is 12.4 Å². The van der Waals surface area contributed by atoms with E-state index >= 15 is 0 Å². The SMILES string of the molecule is [Ir].[c-]1ccc2ccccc2c1-n1[c-][n+](-c2cccc3ccccc23)cc1.[c-]1ccc2ccccc2c1-n1[c-][n+](-c2cccc3ccccc23)cc1.c1ccc(-c2ccn[n-]2)nc1. The van der Waals surface area contributed by atoms with Crippen molar-refractivity contribution in [3.8, 4) is 34.1 Å². The number of fused-ring (bicyclic) bond motifs is 4. The Balaban J connectivity index is 0.000000126. The second kappa shape index (κ2) is 18.2. The van der Waals surface area contributed by atoms with Crippen LogP contribution in [0.1, 0.15) is 0 Å². The Hall–Kier alpha value is -7.77. The summed E-state index contributed by atoms with van der Waals surface area (Å²) in [6.45, 7) is 0. The van der Waals surface area contributed by atoms with Crippen molar-refractivity contribution in [1.29, 1.82) is 0 Å². The average Bonchev–Trinajstić information content (AvgIpc) is 4.16. The van der Waals surface area contributed by atoms with Gasteiger partial charge in [0.1, 0.15) is 0 Å². The molecule has 8 aromatic carbocycles. The standard InChI is InChI=1S/2C23H15N2.C8H6N3.Ir/c2*1-3-11-20-18(7-1)9-5-13-22(20)24-15-16-25(17-24)23-14-6-10-19-8-2-4-12-21(19)23;1-2-5-9-7(3-1)8-4-6-10-11-8;/h2*1-13,15-16H;1-6H;/q3*-1;. The monoisotopic (exact) mass is 975 g/mol. The Morgan fingerprint density at radius 3 is 1.35 bits per heavy atom. The second-order valence-corrected chi connectivity index (χ2v) is 14.2. The number of hydrogen-bond acceptors (Lipinski definition) is 2. The van der Waals surface area contributed by atoms with Gasteiger partial charge in [0.05, 0.1) is 11.4 Å². The minimum atomic E-state index is 0. The molecule has 4 aromatic heterocycles. The van der Waals surface area contributed by atoms with Crippen molar-refractivity contribution in [1.82, 2.24) is 24.3 Å². The van der Waals surface area contributed by atoms with Crippen LogP contribution in [0.2, 0.25) is 0 Å². The van der Waals surface area contributed by atoms with Crippen LogP contribution in [0.25, 0.3) is 77.2 Å². The van der Waals surface area contributed by atoms with Gasteiger partial charge < -0.3 is 19.3 Å². The zero-order valence-corrected chi connectivity index (χ0v) is 35.6. The van der Waals surface area contributed by atoms with Crippen molar-refractivity contribution >= 4 is 43.1 Å². The van der Waals surface area contributed by atoms with E-state index in [-0.39, 0.29) is 20.1 Å². The van der Waals surface area contributed by atoms with E-state index in [1.165, 1.54) is 43.1 Å². The molecule has 8 heteroatoms. The maximum absolute atomic E-state index is 4.12. The topological polar surface area (TPSA) is 57.5 Å². The van der Waals surface area contributed by atoms with Crippen LogP contribution in [0.4, 0.5) is 0 Å². The quantitative estimate of drug-likeness (QED) is 0.128. The van der Waals surface area contributed by atoms with Gasteiger partial charge in [-0.25, -0.2) is 0 Å². The van der Waals surface area contributed by atoms with Crippen molar-refractivity contribution in [3.63, 3.8) is 0 Å². The van der Waals surface area contributed by atoms with Gasteiger partial charge in [-0.3, -0.25) is 14.1 Å². The number of imidazole rings is 2. The van der Waals surface area contributed by atoms with E-state index in [0.717, 1.165) is 34.1 Å². The molecule has 299 valence electrons. The van der Waals surface area contributed by atoms with Crippen LogP contribution >= 0.6 is 0 Å². The third-order valence-corrected chi connectivity index (χ3v) is 10.5. The van der Waals surface area contributed by atoms with Gasteiger partial charge in [0.25, 0.3) is 12.7 Å². The van der Waals surface area contributed by atoms with E-state index in [0.29, 0.717) is 0 Å². The summed E-state index contributed by atoms with van der Waals surface area (Å²) in [4.78, 5) is 4.12. The molecule has 0 spiro atoms. The van der Waals surface area contributed by atoms with Gasteiger partial charge >= 0.3 is 0 Å². The van der Waals surface area contributed by atoms with Gasteiger partial charge in [-0.15, -0.1) is 33.7 Å². The van der Waals surface area contributed by atoms with Crippen LogP contribution in [-0.2, 0) is 20.1 Å². The fourth-order valence-corrected chi connectivity index (χ4v) is 7.56. The fraction of sp³-hybridized carbons (Fsp3) is 0. The number of hydrogen-bond donors (Lipinski definition) is 0. The first-order valence-electron chi connectivity index (χ1n) is 19.9. The van der Waals surface area contributed by atoms with E-state index in [1.807, 2.05) is 79.5 Å². The van der Waals surface area contributed by atoms with Crippen molar-refractivity contribution in [3.05, 3.63) is 244 Å². The molecule has 0 aliphatic carbocycles. The summed E-state index contributed by atoms with van der Waals surface area (Å²) in [5.74, 6) is 0. The molecule has 12 aromatic rings. The first-order valence-corrected chi connectivity index (χ1v) is 19.9. The molecule has 1 radical (unpaired) electrons. The molecule has 62 heavy (non-hydrogen) atoms. The molecule has 0 aliphatic heterocycles. The van der Waals surface area contributed by atoms with Crippen LogP contribution in [-0.4, -0.2) is 19.2 Å². The number of nitrogens with zero attached hydrogens (tertiary/aromatic N) is 7. The molecule has 0 saturated carbocycles. The predicted molar refractivity (Wildman–Crippen MR) is 241 cm³/mol. The van der Waals surface area contributed by atoms with Crippen molar-refractivity contribution < 1.29 is 29.2 Å². The van der Waals surface area contributed by atoms with Crippen LogP contribution in [0, 0.1) is 24.8 Å². The molecule has 0 unspecified atom stereocenters. The van der Waals surface area contributed by atoms with E-state index in [2.05, 4.69) is 186 Å². The summed E-state index contributed by atoms with van der Waals surface area (Å²) >= 11 is 0. The van der Waals surface area contributed by atoms with Crippen LogP contribution in [0.5, 0.6) is 0 Å². The largest absolute Gasteiger partial charge is 0.574 e. The summed E-state index contributed by atoms with van der Waals surface area (Å²) in [6, 6.07) is 68.6. The van der Waals surface area contributed by atoms with Crippen molar-refractivity contribution in [2.45, 2.75) is 0 Å². The first-order chi connectivity index (χ1) is 30.3. The molecule has 0 N–H and O–H groups in total. The summed E-state index contributed by atoms with van der Waals surface area (Å²) in [5.41, 5.74) is 5.96. The van der Waals surface area contributed by atoms with E-state index < -0.39 is 0 Å². The molecule has 0 bridgehead atoms. The van der Waals surface area contributed by atoms with Gasteiger partial charge in [-0.05, 0) is 57.2 Å². The van der Waals surface area contributed by atoms with E-state index in [9.17, 15) is 0 Å². The maximum atomic E-state index is 4.12. The maximum Gasteiger partial charge on any atom is 0.267 e. The molecule has 7 nitrogen and oxygen atoms in total. The molecule has 0 aliphatic rings. The fourth-order valence-electron chi connectivity index (χ4n) is 7.56. The Morgan fingerprint density at radius 1 is 0.435 bits per heavy atom.